The van der Waals surface area contributed by atoms with Gasteiger partial charge in [-0.1, -0.05) is 44.0 Å². The molecule has 0 fully saturated rings. The molecule has 0 aromatic carbocycles. The monoisotopic (exact) mass is 187 g/mol. The van der Waals surface area contributed by atoms with Crippen LogP contribution in [-0.4, -0.2) is 7.28 Å². The first-order valence-corrected chi connectivity index (χ1v) is 5.43. The number of allylic oxidation sites excluding steroid dienone is 5. The second-order valence-electron chi connectivity index (χ2n) is 4.60. The van der Waals surface area contributed by atoms with Gasteiger partial charge in [-0.3, -0.25) is 0 Å². The van der Waals surface area contributed by atoms with E-state index in [1.54, 1.807) is 0 Å². The highest BCUT2D eigenvalue weighted by Crippen LogP contribution is 2.23. The van der Waals surface area contributed by atoms with Crippen molar-refractivity contribution in [1.82, 2.24) is 0 Å². The zero-order valence-electron chi connectivity index (χ0n) is 9.80. The molecular weight excluding hydrogens is 167 g/mol. The van der Waals surface area contributed by atoms with Crippen LogP contribution in [0.25, 0.3) is 0 Å². The summed E-state index contributed by atoms with van der Waals surface area (Å²) in [5.41, 5.74) is 3.98. The van der Waals surface area contributed by atoms with E-state index in [4.69, 9.17) is 0 Å². The minimum Gasteiger partial charge on any atom is -0.109 e. The van der Waals surface area contributed by atoms with Gasteiger partial charge in [0.1, 0.15) is 0 Å². The van der Waals surface area contributed by atoms with Crippen LogP contribution in [0.3, 0.4) is 0 Å². The molecule has 1 rings (SSSR count). The lowest BCUT2D eigenvalue weighted by atomic mass is 9.56. The van der Waals surface area contributed by atoms with Crippen LogP contribution in [0.4, 0.5) is 0 Å². The van der Waals surface area contributed by atoms with Crippen LogP contribution >= 0.6 is 0 Å². The molecule has 0 aromatic rings. The SMILES string of the molecule is C=C([B]C1=CCC(C)C=C1C)C(C)C. The van der Waals surface area contributed by atoms with Crippen molar-refractivity contribution in [2.45, 2.75) is 34.1 Å². The summed E-state index contributed by atoms with van der Waals surface area (Å²) in [6.45, 7) is 12.9. The van der Waals surface area contributed by atoms with E-state index >= 15 is 0 Å². The molecule has 1 heteroatoms. The second kappa shape index (κ2) is 4.68. The minimum absolute atomic E-state index is 0.544. The Balaban J connectivity index is 2.63. The second-order valence-corrected chi connectivity index (χ2v) is 4.60. The van der Waals surface area contributed by atoms with E-state index in [2.05, 4.69) is 53.7 Å². The number of hydrogen-bond donors (Lipinski definition) is 0. The summed E-state index contributed by atoms with van der Waals surface area (Å²) < 4.78 is 0. The molecule has 0 saturated carbocycles. The van der Waals surface area contributed by atoms with E-state index in [0.29, 0.717) is 11.8 Å². The molecule has 0 N–H and O–H groups in total. The lowest BCUT2D eigenvalue weighted by Gasteiger charge is -2.18. The zero-order chi connectivity index (χ0) is 10.7. The third-order valence-electron chi connectivity index (χ3n) is 2.78. The summed E-state index contributed by atoms with van der Waals surface area (Å²) in [6.07, 6.45) is 5.83. The number of rotatable bonds is 3. The highest BCUT2D eigenvalue weighted by atomic mass is 14.1. The highest BCUT2D eigenvalue weighted by molar-refractivity contribution is 6.55. The van der Waals surface area contributed by atoms with Gasteiger partial charge in [-0.25, -0.2) is 0 Å². The van der Waals surface area contributed by atoms with Gasteiger partial charge in [-0.05, 0) is 25.2 Å². The fraction of sp³-hybridized carbons (Fsp3) is 0.538. The summed E-state index contributed by atoms with van der Waals surface area (Å²) in [5.74, 6) is 1.24. The predicted octanol–water partition coefficient (Wildman–Crippen LogP) is 3.73. The highest BCUT2D eigenvalue weighted by Gasteiger charge is 2.12. The molecule has 0 saturated heterocycles. The van der Waals surface area contributed by atoms with Crippen molar-refractivity contribution in [1.29, 1.82) is 0 Å². The standard InChI is InChI=1S/C13H20B/c1-9(2)12(5)14-13-7-6-10(3)8-11(13)4/h7-10H,5-6H2,1-4H3. The van der Waals surface area contributed by atoms with E-state index in [1.165, 1.54) is 16.5 Å². The van der Waals surface area contributed by atoms with Crippen LogP contribution in [-0.2, 0) is 0 Å². The maximum atomic E-state index is 4.08. The third kappa shape index (κ3) is 2.90. The van der Waals surface area contributed by atoms with Gasteiger partial charge in [0.05, 0.1) is 0 Å². The summed E-state index contributed by atoms with van der Waals surface area (Å²) in [5, 5.41) is 0. The molecule has 0 aromatic heterocycles. The lowest BCUT2D eigenvalue weighted by molar-refractivity contribution is 0.726. The Hall–Kier alpha value is -0.715. The topological polar surface area (TPSA) is 0 Å². The third-order valence-corrected chi connectivity index (χ3v) is 2.78. The van der Waals surface area contributed by atoms with Crippen LogP contribution in [0.15, 0.2) is 35.2 Å². The van der Waals surface area contributed by atoms with Gasteiger partial charge < -0.3 is 0 Å². The summed E-state index contributed by atoms with van der Waals surface area (Å²) in [7, 11) is 2.22. The Labute approximate surface area is 89.0 Å². The van der Waals surface area contributed by atoms with Crippen molar-refractivity contribution >= 4 is 7.28 Å². The van der Waals surface area contributed by atoms with Crippen LogP contribution in [0, 0.1) is 11.8 Å². The summed E-state index contributed by atoms with van der Waals surface area (Å²) in [4.78, 5) is 0. The van der Waals surface area contributed by atoms with Crippen molar-refractivity contribution in [3.8, 4) is 0 Å². The van der Waals surface area contributed by atoms with Gasteiger partial charge in [0.2, 0.25) is 0 Å². The lowest BCUT2D eigenvalue weighted by Crippen LogP contribution is -2.10. The van der Waals surface area contributed by atoms with Crippen LogP contribution < -0.4 is 0 Å². The largest absolute Gasteiger partial charge is 0.185 e. The van der Waals surface area contributed by atoms with Crippen molar-refractivity contribution in [3.05, 3.63) is 35.2 Å². The maximum Gasteiger partial charge on any atom is 0.185 e. The molecule has 0 amide bonds. The minimum atomic E-state index is 0.544. The van der Waals surface area contributed by atoms with E-state index < -0.39 is 0 Å². The average molecular weight is 187 g/mol. The van der Waals surface area contributed by atoms with Crippen molar-refractivity contribution in [2.75, 3.05) is 0 Å². The molecule has 14 heavy (non-hydrogen) atoms. The first-order chi connectivity index (χ1) is 6.50. The van der Waals surface area contributed by atoms with Gasteiger partial charge in [-0.2, -0.15) is 0 Å². The van der Waals surface area contributed by atoms with Crippen molar-refractivity contribution < 1.29 is 0 Å². The van der Waals surface area contributed by atoms with Crippen LogP contribution in [0.1, 0.15) is 34.1 Å². The Morgan fingerprint density at radius 1 is 1.57 bits per heavy atom. The zero-order valence-corrected chi connectivity index (χ0v) is 9.80. The van der Waals surface area contributed by atoms with Gasteiger partial charge in [0, 0.05) is 0 Å². The van der Waals surface area contributed by atoms with Crippen LogP contribution in [0.5, 0.6) is 0 Å². The summed E-state index contributed by atoms with van der Waals surface area (Å²) in [6, 6.07) is 0. The fourth-order valence-electron chi connectivity index (χ4n) is 1.60. The molecule has 1 radical (unpaired) electrons. The summed E-state index contributed by atoms with van der Waals surface area (Å²) >= 11 is 0. The molecule has 0 aliphatic heterocycles. The average Bonchev–Trinajstić information content (AvgIpc) is 2.09. The van der Waals surface area contributed by atoms with E-state index in [9.17, 15) is 0 Å². The molecule has 1 aliphatic carbocycles. The molecule has 75 valence electrons. The van der Waals surface area contributed by atoms with E-state index in [-0.39, 0.29) is 0 Å². The molecule has 0 spiro atoms. The van der Waals surface area contributed by atoms with Gasteiger partial charge in [0.25, 0.3) is 0 Å². The Morgan fingerprint density at radius 2 is 2.21 bits per heavy atom. The smallest absolute Gasteiger partial charge is 0.109 e. The Kier molecular flexibility index (Phi) is 3.80. The van der Waals surface area contributed by atoms with E-state index in [1.807, 2.05) is 0 Å². The van der Waals surface area contributed by atoms with Crippen LogP contribution in [0.2, 0.25) is 0 Å². The normalized spacial score (nSPS) is 21.6. The molecule has 0 nitrogen and oxygen atoms in total. The molecule has 0 heterocycles. The Bertz CT molecular complexity index is 282. The van der Waals surface area contributed by atoms with Crippen molar-refractivity contribution in [3.63, 3.8) is 0 Å². The van der Waals surface area contributed by atoms with Gasteiger partial charge >= 0.3 is 0 Å². The van der Waals surface area contributed by atoms with E-state index in [0.717, 1.165) is 6.42 Å². The molecule has 1 unspecified atom stereocenters. The maximum absolute atomic E-state index is 4.08. The first-order valence-electron chi connectivity index (χ1n) is 5.43. The fourth-order valence-corrected chi connectivity index (χ4v) is 1.60. The predicted molar refractivity (Wildman–Crippen MR) is 65.4 cm³/mol. The Morgan fingerprint density at radius 3 is 2.71 bits per heavy atom. The first kappa shape index (κ1) is 11.4. The van der Waals surface area contributed by atoms with Gasteiger partial charge in [0.15, 0.2) is 7.28 Å². The van der Waals surface area contributed by atoms with Gasteiger partial charge in [-0.15, -0.1) is 12.1 Å². The molecular formula is C13H20B. The molecule has 0 bridgehead atoms. The number of hydrogen-bond acceptors (Lipinski definition) is 0. The molecule has 1 aliphatic rings. The molecule has 1 atom stereocenters. The quantitative estimate of drug-likeness (QED) is 0.590. The van der Waals surface area contributed by atoms with Crippen molar-refractivity contribution in [2.24, 2.45) is 11.8 Å².